The van der Waals surface area contributed by atoms with Crippen molar-refractivity contribution in [1.29, 1.82) is 0 Å². The Bertz CT molecular complexity index is 5020. The molecule has 0 bridgehead atoms. The van der Waals surface area contributed by atoms with E-state index in [1.807, 2.05) is 78.9 Å². The number of fused-ring (bicyclic) bond motifs is 12. The zero-order valence-corrected chi connectivity index (χ0v) is 45.9. The molecule has 0 atom stereocenters. The van der Waals surface area contributed by atoms with Crippen molar-refractivity contribution < 1.29 is 10.0 Å². The summed E-state index contributed by atoms with van der Waals surface area (Å²) in [7, 11) is -1.47. The largest absolute Gasteiger partial charge is 0.488 e. The van der Waals surface area contributed by atoms with Gasteiger partial charge in [0, 0.05) is 27.0 Å². The van der Waals surface area contributed by atoms with Crippen molar-refractivity contribution in [1.82, 2.24) is 19.1 Å². The molecule has 2 N–H and O–H groups in total. The molecule has 388 valence electrons. The number of hydrogen-bond acceptors (Lipinski definition) is 4. The molecule has 6 nitrogen and oxygen atoms in total. The number of halogens is 1. The van der Waals surface area contributed by atoms with Gasteiger partial charge in [-0.15, -0.1) is 0 Å². The number of aromatic nitrogens is 4. The average Bonchev–Trinajstić information content (AvgIpc) is 4.26. The molecule has 0 fully saturated rings. The third-order valence-electron chi connectivity index (χ3n) is 15.5. The summed E-state index contributed by atoms with van der Waals surface area (Å²) in [6.45, 7) is 0. The van der Waals surface area contributed by atoms with Gasteiger partial charge in [0.1, 0.15) is 11.6 Å². The first-order chi connectivity index (χ1) is 40.4. The number of para-hydroxylation sites is 6. The third-order valence-corrected chi connectivity index (χ3v) is 16.2. The normalized spacial score (nSPS) is 11.4. The van der Waals surface area contributed by atoms with Crippen molar-refractivity contribution in [2.75, 3.05) is 0 Å². The summed E-state index contributed by atoms with van der Waals surface area (Å²) in [6.07, 6.45) is 0. The van der Waals surface area contributed by atoms with Gasteiger partial charge in [0.05, 0.1) is 22.1 Å². The Hall–Kier alpha value is -9.96. The quantitative estimate of drug-likeness (QED) is 0.128. The van der Waals surface area contributed by atoms with Crippen molar-refractivity contribution >= 4 is 115 Å². The van der Waals surface area contributed by atoms with Gasteiger partial charge in [-0.1, -0.05) is 246 Å². The van der Waals surface area contributed by atoms with Crippen LogP contribution in [0.1, 0.15) is 0 Å². The van der Waals surface area contributed by atoms with E-state index in [-0.39, 0.29) is 0 Å². The van der Waals surface area contributed by atoms with E-state index < -0.39 is 7.12 Å². The standard InChI is InChI=1S/C37H24N2.C19H15BN2O2.C18H11Br/c1-2-11-29(12-3-1)39-35-17-9-8-16-34(35)38-37(39)27-21-18-26(19-22-27)33-24-28-23-20-25-10-4-5-13-30(25)36(28)32-15-7-6-14-31(32)33;23-20(24)15-12-10-14(11-13-15)19-21-17-8-4-5-9-18(17)22(19)16-6-2-1-3-7-16;19-17-11-13-10-9-12-5-1-2-6-14(12)18(13)16-8-4-3-7-15(16)17/h1-24H;1-13,23-24H;1-11H. The molecule has 0 saturated carbocycles. The maximum absolute atomic E-state index is 9.27. The van der Waals surface area contributed by atoms with E-state index >= 15 is 0 Å². The second kappa shape index (κ2) is 21.6. The van der Waals surface area contributed by atoms with Gasteiger partial charge in [-0.2, -0.15) is 0 Å². The predicted molar refractivity (Wildman–Crippen MR) is 347 cm³/mol. The molecule has 0 aliphatic heterocycles. The summed E-state index contributed by atoms with van der Waals surface area (Å²) in [5.74, 6) is 1.77. The molecule has 8 heteroatoms. The monoisotopic (exact) mass is 1120 g/mol. The summed E-state index contributed by atoms with van der Waals surface area (Å²) >= 11 is 3.68. The Labute approximate surface area is 482 Å². The van der Waals surface area contributed by atoms with Gasteiger partial charge >= 0.3 is 7.12 Å². The molecule has 14 aromatic carbocycles. The molecular formula is C74H50BBrN4O2. The number of rotatable bonds is 6. The van der Waals surface area contributed by atoms with Crippen molar-refractivity contribution in [2.45, 2.75) is 0 Å². The minimum Gasteiger partial charge on any atom is -0.423 e. The second-order valence-corrected chi connectivity index (χ2v) is 21.3. The number of benzene rings is 14. The highest BCUT2D eigenvalue weighted by atomic mass is 79.9. The minimum atomic E-state index is -1.47. The van der Waals surface area contributed by atoms with Gasteiger partial charge in [0.15, 0.2) is 0 Å². The Kier molecular flexibility index (Phi) is 13.2. The van der Waals surface area contributed by atoms with E-state index in [0.29, 0.717) is 5.46 Å². The first-order valence-electron chi connectivity index (χ1n) is 27.4. The molecule has 0 amide bonds. The maximum Gasteiger partial charge on any atom is 0.488 e. The highest BCUT2D eigenvalue weighted by molar-refractivity contribution is 9.10. The van der Waals surface area contributed by atoms with Crippen LogP contribution in [0, 0.1) is 0 Å². The molecule has 82 heavy (non-hydrogen) atoms. The van der Waals surface area contributed by atoms with E-state index in [4.69, 9.17) is 9.97 Å². The number of imidazole rings is 2. The van der Waals surface area contributed by atoms with Crippen molar-refractivity contribution in [2.24, 2.45) is 0 Å². The lowest BCUT2D eigenvalue weighted by molar-refractivity contribution is 0.426. The number of hydrogen-bond donors (Lipinski definition) is 2. The molecule has 0 aliphatic rings. The SMILES string of the molecule is Brc1cc2ccc3ccccc3c2c2ccccc12.OB(O)c1ccc(-c2nc3ccccc3n2-c2ccccc2)cc1.c1ccc(-n2c(-c3ccc(-c4cc5ccc6ccccc6c5c5ccccc45)cc3)nc3ccccc32)cc1. The van der Waals surface area contributed by atoms with Crippen molar-refractivity contribution in [3.8, 4) is 45.3 Å². The molecule has 0 unspecified atom stereocenters. The molecule has 2 heterocycles. The second-order valence-electron chi connectivity index (χ2n) is 20.4. The summed E-state index contributed by atoms with van der Waals surface area (Å²) in [5.41, 5.74) is 11.1. The smallest absolute Gasteiger partial charge is 0.423 e. The van der Waals surface area contributed by atoms with Gasteiger partial charge in [0.2, 0.25) is 0 Å². The van der Waals surface area contributed by atoms with Crippen LogP contribution in [0.25, 0.3) is 132 Å². The van der Waals surface area contributed by atoms with Gasteiger partial charge in [0.25, 0.3) is 0 Å². The lowest BCUT2D eigenvalue weighted by Crippen LogP contribution is -2.29. The van der Waals surface area contributed by atoms with Crippen molar-refractivity contribution in [3.05, 3.63) is 296 Å². The third kappa shape index (κ3) is 9.25. The summed E-state index contributed by atoms with van der Waals surface area (Å²) < 4.78 is 5.52. The summed E-state index contributed by atoms with van der Waals surface area (Å²) in [4.78, 5) is 9.82. The molecule has 2 aromatic heterocycles. The predicted octanol–water partition coefficient (Wildman–Crippen LogP) is 18.1. The van der Waals surface area contributed by atoms with Crippen LogP contribution in [0.4, 0.5) is 0 Å². The molecular weight excluding hydrogens is 1070 g/mol. The minimum absolute atomic E-state index is 0.459. The van der Waals surface area contributed by atoms with Gasteiger partial charge in [-0.25, -0.2) is 9.97 Å². The van der Waals surface area contributed by atoms with Crippen molar-refractivity contribution in [3.63, 3.8) is 0 Å². The van der Waals surface area contributed by atoms with Gasteiger partial charge in [-0.05, 0) is 142 Å². The lowest BCUT2D eigenvalue weighted by atomic mass is 9.80. The van der Waals surface area contributed by atoms with Crippen LogP contribution < -0.4 is 5.46 Å². The van der Waals surface area contributed by atoms with E-state index in [0.717, 1.165) is 60.7 Å². The fourth-order valence-corrected chi connectivity index (χ4v) is 12.3. The van der Waals surface area contributed by atoms with Crippen LogP contribution in [0.5, 0.6) is 0 Å². The first-order valence-corrected chi connectivity index (χ1v) is 28.2. The topological polar surface area (TPSA) is 76.1 Å². The molecule has 0 saturated heterocycles. The Morgan fingerprint density at radius 2 is 0.695 bits per heavy atom. The van der Waals surface area contributed by atoms with Gasteiger partial charge in [-0.3, -0.25) is 9.13 Å². The van der Waals surface area contributed by atoms with E-state index in [9.17, 15) is 10.0 Å². The van der Waals surface area contributed by atoms with Crippen LogP contribution in [-0.2, 0) is 0 Å². The molecule has 0 spiro atoms. The maximum atomic E-state index is 9.27. The highest BCUT2D eigenvalue weighted by Crippen LogP contribution is 2.40. The number of nitrogens with zero attached hydrogens (tertiary/aromatic N) is 4. The summed E-state index contributed by atoms with van der Waals surface area (Å²) in [5, 5.41) is 34.1. The van der Waals surface area contributed by atoms with Gasteiger partial charge < -0.3 is 10.0 Å². The average molecular weight is 1120 g/mol. The Morgan fingerprint density at radius 1 is 0.317 bits per heavy atom. The Balaban J connectivity index is 0.000000119. The van der Waals surface area contributed by atoms with E-state index in [1.54, 1.807) is 12.1 Å². The van der Waals surface area contributed by atoms with Crippen LogP contribution in [0.2, 0.25) is 0 Å². The molecule has 16 aromatic rings. The van der Waals surface area contributed by atoms with Crippen LogP contribution in [-0.4, -0.2) is 36.3 Å². The highest BCUT2D eigenvalue weighted by Gasteiger charge is 2.18. The Morgan fingerprint density at radius 3 is 1.21 bits per heavy atom. The molecule has 0 aliphatic carbocycles. The fourth-order valence-electron chi connectivity index (χ4n) is 11.7. The fraction of sp³-hybridized carbons (Fsp3) is 0. The zero-order chi connectivity index (χ0) is 55.1. The van der Waals surface area contributed by atoms with Crippen LogP contribution >= 0.6 is 15.9 Å². The van der Waals surface area contributed by atoms with E-state index in [2.05, 4.69) is 225 Å². The summed E-state index contributed by atoms with van der Waals surface area (Å²) in [6, 6.07) is 101. The lowest BCUT2D eigenvalue weighted by Gasteiger charge is -2.14. The molecule has 0 radical (unpaired) electrons. The zero-order valence-electron chi connectivity index (χ0n) is 44.4. The van der Waals surface area contributed by atoms with Crippen LogP contribution in [0.3, 0.4) is 0 Å². The molecule has 16 rings (SSSR count). The van der Waals surface area contributed by atoms with Crippen LogP contribution in [0.15, 0.2) is 296 Å². The van der Waals surface area contributed by atoms with E-state index in [1.165, 1.54) is 75.8 Å². The first kappa shape index (κ1) is 50.3.